The van der Waals surface area contributed by atoms with Gasteiger partial charge in [0.15, 0.2) is 5.16 Å². The van der Waals surface area contributed by atoms with E-state index in [1.807, 2.05) is 55.1 Å². The van der Waals surface area contributed by atoms with Crippen LogP contribution in [0, 0.1) is 13.8 Å². The van der Waals surface area contributed by atoms with Gasteiger partial charge in [-0.15, -0.1) is 0 Å². The first-order valence-electron chi connectivity index (χ1n) is 8.57. The van der Waals surface area contributed by atoms with E-state index in [1.54, 1.807) is 11.1 Å². The molecule has 3 rings (SSSR count). The van der Waals surface area contributed by atoms with Gasteiger partial charge in [0.25, 0.3) is 0 Å². The monoisotopic (exact) mass is 365 g/mol. The number of anilines is 1. The topological polar surface area (TPSA) is 38.1 Å². The quantitative estimate of drug-likeness (QED) is 0.619. The SMILES string of the molecule is Cc1ccc(-n2ccnc2SC(C)C(=O)N(C)c2ccccc2)c(C)c1. The molecule has 26 heavy (non-hydrogen) atoms. The molecule has 0 aliphatic rings. The molecule has 0 spiro atoms. The van der Waals surface area contributed by atoms with E-state index in [0.717, 1.165) is 16.5 Å². The summed E-state index contributed by atoms with van der Waals surface area (Å²) >= 11 is 1.48. The fourth-order valence-corrected chi connectivity index (χ4v) is 3.87. The van der Waals surface area contributed by atoms with Crippen molar-refractivity contribution in [2.75, 3.05) is 11.9 Å². The van der Waals surface area contributed by atoms with E-state index in [1.165, 1.54) is 22.9 Å². The second kappa shape index (κ2) is 7.79. The van der Waals surface area contributed by atoms with Crippen molar-refractivity contribution in [2.45, 2.75) is 31.2 Å². The highest BCUT2D eigenvalue weighted by Gasteiger charge is 2.22. The third-order valence-electron chi connectivity index (χ3n) is 4.32. The number of imidazole rings is 1. The number of rotatable bonds is 5. The van der Waals surface area contributed by atoms with E-state index < -0.39 is 0 Å². The van der Waals surface area contributed by atoms with Crippen LogP contribution in [0.15, 0.2) is 66.1 Å². The third-order valence-corrected chi connectivity index (χ3v) is 5.39. The van der Waals surface area contributed by atoms with Gasteiger partial charge in [0.1, 0.15) is 0 Å². The average Bonchev–Trinajstić information content (AvgIpc) is 3.09. The van der Waals surface area contributed by atoms with Crippen LogP contribution in [-0.2, 0) is 4.79 Å². The van der Waals surface area contributed by atoms with E-state index >= 15 is 0 Å². The van der Waals surface area contributed by atoms with Crippen LogP contribution in [0.5, 0.6) is 0 Å². The van der Waals surface area contributed by atoms with Crippen molar-refractivity contribution in [1.29, 1.82) is 0 Å². The van der Waals surface area contributed by atoms with Crippen molar-refractivity contribution in [3.63, 3.8) is 0 Å². The minimum absolute atomic E-state index is 0.0522. The zero-order chi connectivity index (χ0) is 18.7. The molecule has 0 N–H and O–H groups in total. The fraction of sp³-hybridized carbons (Fsp3) is 0.238. The Kier molecular flexibility index (Phi) is 5.47. The highest BCUT2D eigenvalue weighted by Crippen LogP contribution is 2.28. The summed E-state index contributed by atoms with van der Waals surface area (Å²) in [5, 5.41) is 0.575. The first kappa shape index (κ1) is 18.3. The summed E-state index contributed by atoms with van der Waals surface area (Å²) in [5.41, 5.74) is 4.40. The molecule has 134 valence electrons. The van der Waals surface area contributed by atoms with E-state index in [9.17, 15) is 4.79 Å². The average molecular weight is 366 g/mol. The molecule has 0 saturated carbocycles. The van der Waals surface area contributed by atoms with E-state index in [2.05, 4.69) is 37.0 Å². The Morgan fingerprint density at radius 3 is 2.58 bits per heavy atom. The Hall–Kier alpha value is -2.53. The van der Waals surface area contributed by atoms with E-state index in [-0.39, 0.29) is 11.2 Å². The lowest BCUT2D eigenvalue weighted by molar-refractivity contribution is -0.117. The van der Waals surface area contributed by atoms with Crippen molar-refractivity contribution >= 4 is 23.4 Å². The van der Waals surface area contributed by atoms with Gasteiger partial charge in [0.05, 0.1) is 10.9 Å². The summed E-state index contributed by atoms with van der Waals surface area (Å²) in [4.78, 5) is 19.0. The summed E-state index contributed by atoms with van der Waals surface area (Å²) in [6, 6.07) is 16.0. The van der Waals surface area contributed by atoms with Crippen molar-refractivity contribution in [3.8, 4) is 5.69 Å². The minimum atomic E-state index is -0.243. The lowest BCUT2D eigenvalue weighted by Crippen LogP contribution is -2.33. The maximum Gasteiger partial charge on any atom is 0.240 e. The van der Waals surface area contributed by atoms with Gasteiger partial charge in [-0.2, -0.15) is 0 Å². The predicted molar refractivity (Wildman–Crippen MR) is 108 cm³/mol. The van der Waals surface area contributed by atoms with Gasteiger partial charge in [-0.25, -0.2) is 4.98 Å². The van der Waals surface area contributed by atoms with Gasteiger partial charge < -0.3 is 4.90 Å². The molecule has 5 heteroatoms. The molecule has 3 aromatic rings. The highest BCUT2D eigenvalue weighted by molar-refractivity contribution is 8.00. The molecule has 0 aliphatic carbocycles. The Bertz CT molecular complexity index is 905. The standard InChI is InChI=1S/C21H23N3OS/c1-15-10-11-19(16(2)14-15)24-13-12-22-21(24)26-17(3)20(25)23(4)18-8-6-5-7-9-18/h5-14,17H,1-4H3. The molecule has 0 fully saturated rings. The number of aromatic nitrogens is 2. The Morgan fingerprint density at radius 2 is 1.88 bits per heavy atom. The largest absolute Gasteiger partial charge is 0.315 e. The van der Waals surface area contributed by atoms with Gasteiger partial charge in [-0.05, 0) is 44.5 Å². The number of carbonyl (C=O) groups is 1. The molecular weight excluding hydrogens is 342 g/mol. The number of hydrogen-bond acceptors (Lipinski definition) is 3. The number of thioether (sulfide) groups is 1. The second-order valence-corrected chi connectivity index (χ2v) is 7.67. The van der Waals surface area contributed by atoms with Crippen LogP contribution in [-0.4, -0.2) is 27.8 Å². The molecule has 1 aromatic heterocycles. The lowest BCUT2D eigenvalue weighted by Gasteiger charge is -2.21. The number of hydrogen-bond donors (Lipinski definition) is 0. The summed E-state index contributed by atoms with van der Waals surface area (Å²) in [6.07, 6.45) is 3.72. The molecule has 1 atom stereocenters. The number of amides is 1. The van der Waals surface area contributed by atoms with Gasteiger partial charge in [0, 0.05) is 25.1 Å². The van der Waals surface area contributed by atoms with Crippen LogP contribution in [0.2, 0.25) is 0 Å². The summed E-state index contributed by atoms with van der Waals surface area (Å²) in [7, 11) is 1.81. The van der Waals surface area contributed by atoms with E-state index in [0.29, 0.717) is 0 Å². The van der Waals surface area contributed by atoms with Crippen LogP contribution in [0.1, 0.15) is 18.1 Å². The molecule has 0 radical (unpaired) electrons. The van der Waals surface area contributed by atoms with Crippen LogP contribution in [0.4, 0.5) is 5.69 Å². The predicted octanol–water partition coefficient (Wildman–Crippen LogP) is 4.63. The maximum atomic E-state index is 12.8. The molecule has 1 unspecified atom stereocenters. The molecule has 0 saturated heterocycles. The number of aryl methyl sites for hydroxylation is 2. The molecule has 1 heterocycles. The molecular formula is C21H23N3OS. The van der Waals surface area contributed by atoms with Crippen LogP contribution in [0.25, 0.3) is 5.69 Å². The summed E-state index contributed by atoms with van der Waals surface area (Å²) in [5.74, 6) is 0.0522. The smallest absolute Gasteiger partial charge is 0.240 e. The van der Waals surface area contributed by atoms with Crippen molar-refractivity contribution in [1.82, 2.24) is 9.55 Å². The molecule has 0 aliphatic heterocycles. The Labute approximate surface area is 158 Å². The van der Waals surface area contributed by atoms with Gasteiger partial charge in [0.2, 0.25) is 5.91 Å². The normalized spacial score (nSPS) is 12.0. The van der Waals surface area contributed by atoms with Crippen molar-refractivity contribution in [3.05, 3.63) is 72.1 Å². The van der Waals surface area contributed by atoms with Gasteiger partial charge in [-0.1, -0.05) is 47.7 Å². The number of carbonyl (C=O) groups excluding carboxylic acids is 1. The third kappa shape index (κ3) is 3.83. The Morgan fingerprint density at radius 1 is 1.15 bits per heavy atom. The molecule has 2 aromatic carbocycles. The van der Waals surface area contributed by atoms with Crippen LogP contribution in [0.3, 0.4) is 0 Å². The van der Waals surface area contributed by atoms with Crippen molar-refractivity contribution in [2.24, 2.45) is 0 Å². The fourth-order valence-electron chi connectivity index (χ4n) is 2.90. The first-order chi connectivity index (χ1) is 12.5. The zero-order valence-corrected chi connectivity index (χ0v) is 16.3. The van der Waals surface area contributed by atoms with Crippen LogP contribution >= 0.6 is 11.8 Å². The molecule has 4 nitrogen and oxygen atoms in total. The minimum Gasteiger partial charge on any atom is -0.315 e. The number of benzene rings is 2. The zero-order valence-electron chi connectivity index (χ0n) is 15.5. The van der Waals surface area contributed by atoms with Gasteiger partial charge >= 0.3 is 0 Å². The maximum absolute atomic E-state index is 12.8. The Balaban J connectivity index is 1.79. The first-order valence-corrected chi connectivity index (χ1v) is 9.45. The summed E-state index contributed by atoms with van der Waals surface area (Å²) in [6.45, 7) is 6.10. The lowest BCUT2D eigenvalue weighted by atomic mass is 10.1. The van der Waals surface area contributed by atoms with Crippen LogP contribution < -0.4 is 4.90 Å². The summed E-state index contributed by atoms with van der Waals surface area (Å²) < 4.78 is 2.05. The van der Waals surface area contributed by atoms with Crippen molar-refractivity contribution < 1.29 is 4.79 Å². The molecule has 0 bridgehead atoms. The number of para-hydroxylation sites is 1. The molecule has 1 amide bonds. The van der Waals surface area contributed by atoms with Gasteiger partial charge in [-0.3, -0.25) is 9.36 Å². The second-order valence-electron chi connectivity index (χ2n) is 6.36. The highest BCUT2D eigenvalue weighted by atomic mass is 32.2. The van der Waals surface area contributed by atoms with E-state index in [4.69, 9.17) is 0 Å². The number of nitrogens with zero attached hydrogens (tertiary/aromatic N) is 3.